The van der Waals surface area contributed by atoms with Crippen molar-refractivity contribution in [3.8, 4) is 0 Å². The number of benzene rings is 3. The minimum atomic E-state index is -0.306. The molecule has 3 aromatic carbocycles. The number of nitrogens with zero attached hydrogens (tertiary/aromatic N) is 2. The summed E-state index contributed by atoms with van der Waals surface area (Å²) in [5, 5.41) is 6.37. The molecule has 2 amide bonds. The number of hydrogen-bond donors (Lipinski definition) is 2. The van der Waals surface area contributed by atoms with Gasteiger partial charge in [0.1, 0.15) is 6.04 Å². The molecule has 6 nitrogen and oxygen atoms in total. The van der Waals surface area contributed by atoms with E-state index in [1.165, 1.54) is 22.4 Å². The molecule has 7 heteroatoms. The third-order valence-electron chi connectivity index (χ3n) is 7.09. The van der Waals surface area contributed by atoms with Crippen LogP contribution in [-0.4, -0.2) is 54.2 Å². The Hall–Kier alpha value is -3.45. The van der Waals surface area contributed by atoms with E-state index < -0.39 is 0 Å². The molecule has 5 rings (SSSR count). The summed E-state index contributed by atoms with van der Waals surface area (Å²) < 4.78 is 0. The van der Waals surface area contributed by atoms with Gasteiger partial charge in [0.05, 0.1) is 11.4 Å². The van der Waals surface area contributed by atoms with Crippen LogP contribution in [0.2, 0.25) is 0 Å². The van der Waals surface area contributed by atoms with Gasteiger partial charge < -0.3 is 20.4 Å². The van der Waals surface area contributed by atoms with Crippen LogP contribution in [0, 0.1) is 13.8 Å². The van der Waals surface area contributed by atoms with E-state index in [1.807, 2.05) is 17.0 Å². The first-order chi connectivity index (χ1) is 17.9. The van der Waals surface area contributed by atoms with E-state index in [-0.39, 0.29) is 23.9 Å². The molecule has 2 heterocycles. The van der Waals surface area contributed by atoms with Gasteiger partial charge in [-0.2, -0.15) is 11.8 Å². The Morgan fingerprint density at radius 2 is 1.78 bits per heavy atom. The average molecular weight is 515 g/mol. The van der Waals surface area contributed by atoms with Crippen molar-refractivity contribution in [1.82, 2.24) is 4.90 Å². The Bertz CT molecular complexity index is 1290. The Morgan fingerprint density at radius 3 is 2.54 bits per heavy atom. The van der Waals surface area contributed by atoms with Gasteiger partial charge >= 0.3 is 0 Å². The topological polar surface area (TPSA) is 64.7 Å². The van der Waals surface area contributed by atoms with E-state index in [9.17, 15) is 9.59 Å². The highest BCUT2D eigenvalue weighted by Crippen LogP contribution is 2.30. The standard InChI is InChI=1S/C30H34N4O2S/c1-20-7-9-23(10-8-20)18-37-19-28-29(35)32-27-16-24(11-12-26(27)31-28)30(36)33-13-14-34(22(3)17-33)25-6-4-5-21(2)15-25/h4-12,15-16,22,28,31H,13-14,17-19H2,1-3H3,(H,32,35)/t22-,28+/m0/s1. The van der Waals surface area contributed by atoms with E-state index in [4.69, 9.17) is 0 Å². The van der Waals surface area contributed by atoms with Gasteiger partial charge in [-0.05, 0) is 62.2 Å². The summed E-state index contributed by atoms with van der Waals surface area (Å²) in [4.78, 5) is 30.4. The smallest absolute Gasteiger partial charge is 0.254 e. The van der Waals surface area contributed by atoms with Crippen LogP contribution in [0.5, 0.6) is 0 Å². The summed E-state index contributed by atoms with van der Waals surface area (Å²) in [6, 6.07) is 22.5. The van der Waals surface area contributed by atoms with Crippen LogP contribution in [0.1, 0.15) is 34.0 Å². The lowest BCUT2D eigenvalue weighted by Crippen LogP contribution is -2.53. The molecule has 2 N–H and O–H groups in total. The van der Waals surface area contributed by atoms with Crippen molar-refractivity contribution in [2.45, 2.75) is 38.6 Å². The van der Waals surface area contributed by atoms with Crippen molar-refractivity contribution < 1.29 is 9.59 Å². The lowest BCUT2D eigenvalue weighted by atomic mass is 10.1. The number of aryl methyl sites for hydroxylation is 2. The van der Waals surface area contributed by atoms with Gasteiger partial charge in [0.2, 0.25) is 5.91 Å². The fourth-order valence-electron chi connectivity index (χ4n) is 4.99. The normalized spacial score (nSPS) is 19.2. The van der Waals surface area contributed by atoms with Crippen molar-refractivity contribution in [1.29, 1.82) is 0 Å². The number of fused-ring (bicyclic) bond motifs is 1. The minimum absolute atomic E-state index is 0.00330. The van der Waals surface area contributed by atoms with Gasteiger partial charge in [-0.1, -0.05) is 42.0 Å². The van der Waals surface area contributed by atoms with E-state index in [1.54, 1.807) is 17.8 Å². The van der Waals surface area contributed by atoms with Crippen molar-refractivity contribution in [2.24, 2.45) is 0 Å². The Kier molecular flexibility index (Phi) is 7.42. The first kappa shape index (κ1) is 25.2. The zero-order valence-electron chi connectivity index (χ0n) is 21.7. The molecule has 0 radical (unpaired) electrons. The van der Waals surface area contributed by atoms with Crippen LogP contribution in [0.3, 0.4) is 0 Å². The maximum absolute atomic E-state index is 13.3. The summed E-state index contributed by atoms with van der Waals surface area (Å²) >= 11 is 1.74. The second kappa shape index (κ2) is 10.9. The van der Waals surface area contributed by atoms with Gasteiger partial charge in [0.15, 0.2) is 0 Å². The van der Waals surface area contributed by atoms with E-state index >= 15 is 0 Å². The minimum Gasteiger partial charge on any atom is -0.371 e. The summed E-state index contributed by atoms with van der Waals surface area (Å²) in [5.74, 6) is 1.47. The van der Waals surface area contributed by atoms with Crippen molar-refractivity contribution in [3.63, 3.8) is 0 Å². The second-order valence-corrected chi connectivity index (χ2v) is 11.1. The number of carbonyl (C=O) groups excluding carboxylic acids is 2. The fraction of sp³-hybridized carbons (Fsp3) is 0.333. The zero-order chi connectivity index (χ0) is 25.9. The third-order valence-corrected chi connectivity index (χ3v) is 8.20. The Morgan fingerprint density at radius 1 is 0.973 bits per heavy atom. The number of hydrogen-bond acceptors (Lipinski definition) is 5. The second-order valence-electron chi connectivity index (χ2n) is 10.1. The molecule has 0 saturated carbocycles. The van der Waals surface area contributed by atoms with Crippen molar-refractivity contribution >= 4 is 40.6 Å². The molecule has 0 unspecified atom stereocenters. The maximum atomic E-state index is 13.3. The zero-order valence-corrected chi connectivity index (χ0v) is 22.5. The lowest BCUT2D eigenvalue weighted by molar-refractivity contribution is -0.116. The molecule has 2 aliphatic rings. The van der Waals surface area contributed by atoms with Gasteiger partial charge in [-0.3, -0.25) is 9.59 Å². The van der Waals surface area contributed by atoms with Gasteiger partial charge in [0, 0.05) is 48.4 Å². The number of piperazine rings is 1. The number of anilines is 3. The predicted octanol–water partition coefficient (Wildman–Crippen LogP) is 5.32. The quantitative estimate of drug-likeness (QED) is 0.466. The molecule has 0 bridgehead atoms. The Balaban J connectivity index is 1.19. The predicted molar refractivity (Wildman–Crippen MR) is 154 cm³/mol. The van der Waals surface area contributed by atoms with E-state index in [0.29, 0.717) is 30.1 Å². The molecule has 2 aliphatic heterocycles. The van der Waals surface area contributed by atoms with Crippen LogP contribution in [-0.2, 0) is 10.5 Å². The monoisotopic (exact) mass is 514 g/mol. The molecule has 192 valence electrons. The molecule has 1 saturated heterocycles. The molecule has 2 atom stereocenters. The lowest BCUT2D eigenvalue weighted by Gasteiger charge is -2.41. The van der Waals surface area contributed by atoms with Crippen LogP contribution in [0.4, 0.5) is 17.1 Å². The summed E-state index contributed by atoms with van der Waals surface area (Å²) in [6.07, 6.45) is 0. The van der Waals surface area contributed by atoms with Crippen molar-refractivity contribution in [3.05, 3.63) is 89.0 Å². The van der Waals surface area contributed by atoms with Crippen LogP contribution in [0.25, 0.3) is 0 Å². The van der Waals surface area contributed by atoms with Crippen LogP contribution < -0.4 is 15.5 Å². The number of carbonyl (C=O) groups is 2. The third kappa shape index (κ3) is 5.77. The molecular formula is C30H34N4O2S. The number of rotatable bonds is 6. The highest BCUT2D eigenvalue weighted by atomic mass is 32.2. The maximum Gasteiger partial charge on any atom is 0.254 e. The van der Waals surface area contributed by atoms with E-state index in [0.717, 1.165) is 18.0 Å². The molecule has 1 fully saturated rings. The number of thioether (sulfide) groups is 1. The van der Waals surface area contributed by atoms with E-state index in [2.05, 4.69) is 84.8 Å². The van der Waals surface area contributed by atoms with Crippen molar-refractivity contribution in [2.75, 3.05) is 40.9 Å². The average Bonchev–Trinajstić information content (AvgIpc) is 2.89. The highest BCUT2D eigenvalue weighted by molar-refractivity contribution is 7.98. The number of nitrogens with one attached hydrogen (secondary N) is 2. The van der Waals surface area contributed by atoms with Gasteiger partial charge in [-0.15, -0.1) is 0 Å². The molecule has 37 heavy (non-hydrogen) atoms. The van der Waals surface area contributed by atoms with Crippen LogP contribution in [0.15, 0.2) is 66.7 Å². The summed E-state index contributed by atoms with van der Waals surface area (Å²) in [5.41, 5.74) is 7.06. The molecule has 3 aromatic rings. The highest BCUT2D eigenvalue weighted by Gasteiger charge is 2.30. The molecular weight excluding hydrogens is 480 g/mol. The largest absolute Gasteiger partial charge is 0.371 e. The fourth-order valence-corrected chi connectivity index (χ4v) is 6.01. The van der Waals surface area contributed by atoms with Gasteiger partial charge in [-0.25, -0.2) is 0 Å². The number of amides is 2. The first-order valence-corrected chi connectivity index (χ1v) is 14.0. The summed E-state index contributed by atoms with van der Waals surface area (Å²) in [7, 11) is 0. The molecule has 0 aromatic heterocycles. The Labute approximate surface area is 223 Å². The van der Waals surface area contributed by atoms with Gasteiger partial charge in [0.25, 0.3) is 5.91 Å². The molecule has 0 aliphatic carbocycles. The van der Waals surface area contributed by atoms with Crippen LogP contribution >= 0.6 is 11.8 Å². The SMILES string of the molecule is Cc1ccc(CSC[C@H]2Nc3ccc(C(=O)N4CCN(c5cccc(C)c5)[C@@H](C)C4)cc3NC2=O)cc1. The molecule has 0 spiro atoms. The first-order valence-electron chi connectivity index (χ1n) is 12.8. The summed E-state index contributed by atoms with van der Waals surface area (Å²) in [6.45, 7) is 8.46.